The monoisotopic (exact) mass is 935 g/mol. The largest absolute Gasteiger partial charge is 0.506 e. The molecule has 67 heavy (non-hydrogen) atoms. The molecule has 14 nitrogen and oxygen atoms in total. The van der Waals surface area contributed by atoms with E-state index < -0.39 is 12.1 Å². The summed E-state index contributed by atoms with van der Waals surface area (Å²) in [6, 6.07) is 22.9. The average molecular weight is 936 g/mol. The second-order valence-electron chi connectivity index (χ2n) is 18.3. The number of hydrogen-bond acceptors (Lipinski definition) is 10. The quantitative estimate of drug-likeness (QED) is 0.0886. The van der Waals surface area contributed by atoms with E-state index in [9.17, 15) is 32.7 Å². The summed E-state index contributed by atoms with van der Waals surface area (Å²) in [7, 11) is 0. The number of carbonyl (C=O) groups is 4. The number of hydrogen-bond donors (Lipinski definition) is 4. The summed E-state index contributed by atoms with van der Waals surface area (Å²) in [6.45, 7) is 7.74. The molecule has 2 unspecified atom stereocenters. The molecule has 3 heterocycles. The van der Waals surface area contributed by atoms with E-state index in [4.69, 9.17) is 24.1 Å². The minimum absolute atomic E-state index is 0.00245. The van der Waals surface area contributed by atoms with Gasteiger partial charge >= 0.3 is 12.1 Å². The van der Waals surface area contributed by atoms with Gasteiger partial charge in [-0.15, -0.1) is 0 Å². The van der Waals surface area contributed by atoms with Gasteiger partial charge in [0.15, 0.2) is 12.4 Å². The first-order valence-corrected chi connectivity index (χ1v) is 23.7. The van der Waals surface area contributed by atoms with Crippen LogP contribution in [0.3, 0.4) is 0 Å². The van der Waals surface area contributed by atoms with Crippen LogP contribution in [0.25, 0.3) is 0 Å². The van der Waals surface area contributed by atoms with Gasteiger partial charge in [0.05, 0.1) is 31.8 Å². The lowest BCUT2D eigenvalue weighted by molar-refractivity contribution is -0.192. The van der Waals surface area contributed by atoms with Gasteiger partial charge in [-0.3, -0.25) is 19.3 Å². The topological polar surface area (TPSA) is 170 Å². The van der Waals surface area contributed by atoms with Crippen molar-refractivity contribution >= 4 is 29.4 Å². The Kier molecular flexibility index (Phi) is 17.2. The molecule has 0 radical (unpaired) electrons. The number of fused-ring (bicyclic) bond motifs is 1. The number of carboxylic acid groups (broad SMARTS) is 1. The number of phenols is 1. The Bertz CT molecular complexity index is 2150. The maximum Gasteiger partial charge on any atom is 0.490 e. The van der Waals surface area contributed by atoms with Crippen LogP contribution in [-0.2, 0) is 48.0 Å². The Morgan fingerprint density at radius 3 is 2.42 bits per heavy atom. The molecule has 2 aliphatic carbocycles. The Labute approximate surface area is 390 Å². The van der Waals surface area contributed by atoms with E-state index in [-0.39, 0.29) is 41.7 Å². The van der Waals surface area contributed by atoms with Crippen molar-refractivity contribution in [2.75, 3.05) is 77.6 Å². The fourth-order valence-electron chi connectivity index (χ4n) is 9.82. The smallest absolute Gasteiger partial charge is 0.490 e. The maximum absolute atomic E-state index is 13.6. The zero-order valence-electron chi connectivity index (χ0n) is 38.1. The van der Waals surface area contributed by atoms with Gasteiger partial charge in [-0.25, -0.2) is 4.79 Å². The highest BCUT2D eigenvalue weighted by Crippen LogP contribution is 2.49. The summed E-state index contributed by atoms with van der Waals surface area (Å²) in [4.78, 5) is 54.4. The predicted molar refractivity (Wildman–Crippen MR) is 244 cm³/mol. The minimum Gasteiger partial charge on any atom is -0.506 e. The molecule has 5 aliphatic rings. The fraction of sp³-hybridized carbons (Fsp3) is 0.560. The Hall–Kier alpha value is -5.23. The van der Waals surface area contributed by atoms with Crippen molar-refractivity contribution in [1.29, 1.82) is 0 Å². The number of nitrogens with zero attached hydrogens (tertiary/aromatic N) is 3. The molecule has 8 rings (SSSR count). The lowest BCUT2D eigenvalue weighted by Crippen LogP contribution is -2.58. The maximum atomic E-state index is 13.6. The third-order valence-corrected chi connectivity index (χ3v) is 13.6. The molecule has 2 saturated carbocycles. The van der Waals surface area contributed by atoms with Crippen LogP contribution in [0.15, 0.2) is 66.7 Å². The van der Waals surface area contributed by atoms with Gasteiger partial charge in [-0.1, -0.05) is 79.9 Å². The van der Waals surface area contributed by atoms with Crippen LogP contribution in [0.2, 0.25) is 0 Å². The van der Waals surface area contributed by atoms with E-state index in [1.54, 1.807) is 6.07 Å². The number of rotatable bonds is 17. The molecular weight excluding hydrogens is 872 g/mol. The molecule has 0 aromatic heterocycles. The number of alkyl halides is 3. The number of carboxylic acids is 1. The Morgan fingerprint density at radius 2 is 1.67 bits per heavy atom. The number of piperidine rings is 1. The summed E-state index contributed by atoms with van der Waals surface area (Å²) in [5.74, 6) is -1.57. The molecule has 17 heteroatoms. The number of morpholine rings is 1. The first-order chi connectivity index (χ1) is 32.3. The van der Waals surface area contributed by atoms with Crippen LogP contribution in [0.4, 0.5) is 18.9 Å². The Balaban J connectivity index is 0.000000883. The zero-order valence-corrected chi connectivity index (χ0v) is 38.1. The molecule has 3 aliphatic heterocycles. The van der Waals surface area contributed by atoms with Crippen molar-refractivity contribution in [3.8, 4) is 11.5 Å². The van der Waals surface area contributed by atoms with Crippen LogP contribution < -0.4 is 15.4 Å². The molecule has 364 valence electrons. The molecule has 3 amide bonds. The first kappa shape index (κ1) is 49.7. The van der Waals surface area contributed by atoms with Crippen molar-refractivity contribution in [1.82, 2.24) is 20.0 Å². The SMILES string of the molecule is O=C(O)C(F)(F)F.O=C1COc2c(CCNCCN(C(=O)CCOCCc3cccc(CN4CCC5(CC4)CN(C(=O)C4CC4c4ccccc4)CCO5)c3)C3CCCCC3)ccc(O)c2N1. The van der Waals surface area contributed by atoms with Crippen molar-refractivity contribution in [3.63, 3.8) is 0 Å². The second kappa shape index (κ2) is 23.2. The van der Waals surface area contributed by atoms with Gasteiger partial charge in [-0.05, 0) is 85.7 Å². The van der Waals surface area contributed by atoms with Gasteiger partial charge in [0, 0.05) is 57.8 Å². The molecule has 1 spiro atoms. The number of anilines is 1. The molecule has 0 bridgehead atoms. The number of carbonyl (C=O) groups excluding carboxylic acids is 3. The minimum atomic E-state index is -5.08. The van der Waals surface area contributed by atoms with E-state index in [1.807, 2.05) is 12.1 Å². The summed E-state index contributed by atoms with van der Waals surface area (Å²) in [6.07, 6.45) is 5.23. The van der Waals surface area contributed by atoms with Gasteiger partial charge < -0.3 is 44.9 Å². The summed E-state index contributed by atoms with van der Waals surface area (Å²) in [5, 5.41) is 23.5. The highest BCUT2D eigenvalue weighted by molar-refractivity contribution is 5.97. The lowest BCUT2D eigenvalue weighted by atomic mass is 9.89. The van der Waals surface area contributed by atoms with Crippen molar-refractivity contribution in [2.45, 2.75) is 101 Å². The van der Waals surface area contributed by atoms with E-state index in [0.717, 1.165) is 76.6 Å². The van der Waals surface area contributed by atoms with E-state index in [1.165, 1.54) is 23.1 Å². The number of aromatic hydroxyl groups is 1. The van der Waals surface area contributed by atoms with Gasteiger partial charge in [-0.2, -0.15) is 13.2 Å². The molecule has 2 saturated heterocycles. The number of likely N-dealkylation sites (tertiary alicyclic amines) is 1. The molecular formula is C50H64F3N5O9. The fourth-order valence-corrected chi connectivity index (χ4v) is 9.82. The average Bonchev–Trinajstić information content (AvgIpc) is 4.13. The lowest BCUT2D eigenvalue weighted by Gasteiger charge is -2.47. The summed E-state index contributed by atoms with van der Waals surface area (Å²) < 4.78 is 49.8. The standard InChI is InChI=1S/C48H63N5O7.C2HF3O2/c54-42-15-14-38(46-45(42)50-43(55)33-59-46)16-21-49-22-25-53(39-12-5-2-6-13-39)44(56)18-28-58-27-17-35-8-7-9-36(30-35)32-51-23-19-48(20-24-51)34-52(26-29-60-48)47(57)41-31-40(41)37-10-3-1-4-11-37;3-2(4,5)1(6)7/h1,3-4,7-11,14-15,30,39-41,49,54H,2,5-6,12-13,16-29,31-34H2,(H,50,55);(H,6,7). The number of aliphatic carboxylic acids is 1. The predicted octanol–water partition coefficient (Wildman–Crippen LogP) is 6.30. The van der Waals surface area contributed by atoms with Gasteiger partial charge in [0.25, 0.3) is 5.91 Å². The van der Waals surface area contributed by atoms with Crippen LogP contribution in [-0.4, -0.2) is 139 Å². The van der Waals surface area contributed by atoms with E-state index in [2.05, 4.69) is 73.9 Å². The van der Waals surface area contributed by atoms with Crippen molar-refractivity contribution < 1.29 is 56.8 Å². The summed E-state index contributed by atoms with van der Waals surface area (Å²) >= 11 is 0. The molecule has 4 N–H and O–H groups in total. The van der Waals surface area contributed by atoms with Crippen LogP contribution in [0.1, 0.15) is 86.0 Å². The van der Waals surface area contributed by atoms with Crippen LogP contribution in [0.5, 0.6) is 11.5 Å². The highest BCUT2D eigenvalue weighted by Gasteiger charge is 2.49. The van der Waals surface area contributed by atoms with E-state index >= 15 is 0 Å². The number of halogens is 3. The van der Waals surface area contributed by atoms with Crippen LogP contribution >= 0.6 is 0 Å². The number of phenolic OH excluding ortho intramolecular Hbond substituents is 1. The normalized spacial score (nSPS) is 20.5. The zero-order chi connectivity index (χ0) is 47.4. The van der Waals surface area contributed by atoms with Gasteiger partial charge in [0.2, 0.25) is 11.8 Å². The molecule has 3 aromatic rings. The molecule has 4 fully saturated rings. The molecule has 3 aromatic carbocycles. The Morgan fingerprint density at radius 1 is 0.925 bits per heavy atom. The van der Waals surface area contributed by atoms with E-state index in [0.29, 0.717) is 88.6 Å². The third-order valence-electron chi connectivity index (χ3n) is 13.6. The number of amides is 3. The number of benzene rings is 3. The van der Waals surface area contributed by atoms with Crippen molar-refractivity contribution in [2.24, 2.45) is 5.92 Å². The van der Waals surface area contributed by atoms with Crippen LogP contribution in [0, 0.1) is 5.92 Å². The second-order valence-corrected chi connectivity index (χ2v) is 18.3. The summed E-state index contributed by atoms with van der Waals surface area (Å²) in [5.41, 5.74) is 4.83. The third kappa shape index (κ3) is 13.9. The van der Waals surface area contributed by atoms with Gasteiger partial charge in [0.1, 0.15) is 11.4 Å². The molecule has 2 atom stereocenters. The first-order valence-electron chi connectivity index (χ1n) is 23.7. The highest BCUT2D eigenvalue weighted by atomic mass is 19.4. The number of nitrogens with one attached hydrogen (secondary N) is 2. The van der Waals surface area contributed by atoms with Crippen molar-refractivity contribution in [3.05, 3.63) is 89.0 Å². The number of ether oxygens (including phenoxy) is 3.